The van der Waals surface area contributed by atoms with Crippen LogP contribution in [0.1, 0.15) is 79.1 Å². The zero-order chi connectivity index (χ0) is 22.0. The quantitative estimate of drug-likeness (QED) is 0.114. The van der Waals surface area contributed by atoms with E-state index < -0.39 is 20.8 Å². The number of hydrogen-bond acceptors (Lipinski definition) is 4. The van der Waals surface area contributed by atoms with Crippen LogP contribution in [0.15, 0.2) is 0 Å². The second-order valence-electron chi connectivity index (χ2n) is 6.55. The normalized spacial score (nSPS) is 11.0. The predicted octanol–water partition coefficient (Wildman–Crippen LogP) is 3.67. The van der Waals surface area contributed by atoms with E-state index in [9.17, 15) is 0 Å². The van der Waals surface area contributed by atoms with Gasteiger partial charge >= 0.3 is 72.2 Å². The Labute approximate surface area is 238 Å². The minimum absolute atomic E-state index is 0. The van der Waals surface area contributed by atoms with Crippen LogP contribution in [0.5, 0.6) is 0 Å². The first kappa shape index (κ1) is 41.3. The molecule has 0 radical (unpaired) electrons. The molecule has 0 atom stereocenters. The van der Waals surface area contributed by atoms with Crippen molar-refractivity contribution in [2.24, 2.45) is 0 Å². The van der Waals surface area contributed by atoms with Gasteiger partial charge in [-0.3, -0.25) is 18.2 Å². The summed E-state index contributed by atoms with van der Waals surface area (Å²) in [5.74, 6) is 0. The molecule has 178 valence electrons. The standard InChI is InChI=1S/C16H36N.HI.K.2H2O4S.H/c1-5-9-13-17(14-10-6-2,15-11-7-3)16-12-8-4;;;2*1-5(2,3)4;/h5-16H2,1-4H3;1H;;2*(H2,1,2,3,4);/q+1;;;;;. The fraction of sp³-hybridized carbons (Fsp3) is 1.00. The fourth-order valence-electron chi connectivity index (χ4n) is 2.64. The van der Waals surface area contributed by atoms with Gasteiger partial charge in [0.25, 0.3) is 0 Å². The van der Waals surface area contributed by atoms with Crippen LogP contribution in [0.2, 0.25) is 0 Å². The maximum atomic E-state index is 8.74. The summed E-state index contributed by atoms with van der Waals surface area (Å²) >= 11 is 0. The van der Waals surface area contributed by atoms with E-state index in [2.05, 4.69) is 27.7 Å². The summed E-state index contributed by atoms with van der Waals surface area (Å²) in [6.45, 7) is 15.0. The molecule has 29 heavy (non-hydrogen) atoms. The molecule has 0 aliphatic heterocycles. The van der Waals surface area contributed by atoms with Crippen LogP contribution in [0.4, 0.5) is 0 Å². The monoisotopic (exact) mass is 606 g/mol. The van der Waals surface area contributed by atoms with E-state index >= 15 is 0 Å². The average Bonchev–Trinajstić information content (AvgIpc) is 2.50. The van der Waals surface area contributed by atoms with Gasteiger partial charge in [-0.05, 0) is 25.7 Å². The minimum atomic E-state index is -4.67. The van der Waals surface area contributed by atoms with Crippen LogP contribution < -0.4 is 0 Å². The molecule has 0 fully saturated rings. The maximum absolute atomic E-state index is 8.74. The number of quaternary nitrogens is 1. The van der Waals surface area contributed by atoms with E-state index in [0.29, 0.717) is 0 Å². The molecule has 0 aromatic rings. The number of rotatable bonds is 12. The summed E-state index contributed by atoms with van der Waals surface area (Å²) in [5, 5.41) is 0. The van der Waals surface area contributed by atoms with Gasteiger partial charge < -0.3 is 4.48 Å². The molecular formula is C16H42IKNO8S2+. The van der Waals surface area contributed by atoms with Crippen LogP contribution in [0.3, 0.4) is 0 Å². The number of nitrogens with zero attached hydrogens (tertiary/aromatic N) is 1. The molecule has 0 amide bonds. The molecule has 0 aromatic carbocycles. The molecule has 0 unspecified atom stereocenters. The molecule has 0 spiro atoms. The van der Waals surface area contributed by atoms with Crippen LogP contribution in [0.25, 0.3) is 0 Å². The van der Waals surface area contributed by atoms with Gasteiger partial charge in [0, 0.05) is 0 Å². The van der Waals surface area contributed by atoms with Gasteiger partial charge in [-0.15, -0.1) is 24.0 Å². The van der Waals surface area contributed by atoms with Gasteiger partial charge in [-0.25, -0.2) is 0 Å². The van der Waals surface area contributed by atoms with Crippen molar-refractivity contribution >= 4 is 96.2 Å². The Morgan fingerprint density at radius 3 is 0.793 bits per heavy atom. The van der Waals surface area contributed by atoms with Gasteiger partial charge in [0.2, 0.25) is 0 Å². The molecular weight excluding hydrogens is 564 g/mol. The molecule has 0 aliphatic carbocycles. The molecule has 0 heterocycles. The fourth-order valence-corrected chi connectivity index (χ4v) is 2.64. The zero-order valence-corrected chi connectivity index (χ0v) is 21.5. The van der Waals surface area contributed by atoms with Crippen molar-refractivity contribution in [2.75, 3.05) is 26.2 Å². The predicted molar refractivity (Wildman–Crippen MR) is 130 cm³/mol. The summed E-state index contributed by atoms with van der Waals surface area (Å²) in [4.78, 5) is 0. The first-order valence-electron chi connectivity index (χ1n) is 9.49. The van der Waals surface area contributed by atoms with Crippen molar-refractivity contribution in [2.45, 2.75) is 79.1 Å². The molecule has 0 saturated carbocycles. The van der Waals surface area contributed by atoms with Gasteiger partial charge in [0.1, 0.15) is 0 Å². The first-order valence-corrected chi connectivity index (χ1v) is 12.3. The second-order valence-corrected chi connectivity index (χ2v) is 8.34. The van der Waals surface area contributed by atoms with Gasteiger partial charge in [-0.1, -0.05) is 53.4 Å². The third-order valence-electron chi connectivity index (χ3n) is 3.94. The molecule has 0 aromatic heterocycles. The Kier molecular flexibility index (Phi) is 35.2. The number of hydrogen-bond donors (Lipinski definition) is 4. The Morgan fingerprint density at radius 2 is 0.690 bits per heavy atom. The number of unbranched alkanes of at least 4 members (excludes halogenated alkanes) is 4. The summed E-state index contributed by atoms with van der Waals surface area (Å²) in [6.07, 6.45) is 11.1. The Morgan fingerprint density at radius 1 is 0.552 bits per heavy atom. The molecule has 0 saturated heterocycles. The van der Waals surface area contributed by atoms with Crippen LogP contribution >= 0.6 is 24.0 Å². The number of halogens is 1. The third-order valence-corrected chi connectivity index (χ3v) is 3.94. The summed E-state index contributed by atoms with van der Waals surface area (Å²) < 4.78 is 64.6. The summed E-state index contributed by atoms with van der Waals surface area (Å²) in [6, 6.07) is 0. The summed E-state index contributed by atoms with van der Waals surface area (Å²) in [5.41, 5.74) is 0. The molecule has 0 bridgehead atoms. The molecule has 0 rings (SSSR count). The van der Waals surface area contributed by atoms with E-state index in [1.165, 1.54) is 82.0 Å². The van der Waals surface area contributed by atoms with Crippen LogP contribution in [0, 0.1) is 0 Å². The van der Waals surface area contributed by atoms with Gasteiger partial charge in [-0.2, -0.15) is 16.8 Å². The molecule has 13 heteroatoms. The SMILES string of the molecule is CCCC[N+](CCCC)(CCCC)CCCC.I.O=S(=O)(O)O.O=S(=O)(O)O.[KH]. The Balaban J connectivity index is -0.000000133. The van der Waals surface area contributed by atoms with E-state index in [4.69, 9.17) is 35.0 Å². The van der Waals surface area contributed by atoms with E-state index in [1.54, 1.807) is 0 Å². The van der Waals surface area contributed by atoms with Crippen molar-refractivity contribution in [1.82, 2.24) is 0 Å². The zero-order valence-electron chi connectivity index (χ0n) is 17.6. The Hall–Kier alpha value is 2.07. The first-order chi connectivity index (χ1) is 12.2. The van der Waals surface area contributed by atoms with Gasteiger partial charge in [0.05, 0.1) is 26.2 Å². The van der Waals surface area contributed by atoms with Crippen LogP contribution in [-0.2, 0) is 20.8 Å². The van der Waals surface area contributed by atoms with E-state index in [0.717, 1.165) is 0 Å². The van der Waals surface area contributed by atoms with Crippen LogP contribution in [-0.4, -0.2) is 117 Å². The van der Waals surface area contributed by atoms with Crippen molar-refractivity contribution < 1.29 is 39.5 Å². The van der Waals surface area contributed by atoms with Crippen molar-refractivity contribution in [3.8, 4) is 0 Å². The van der Waals surface area contributed by atoms with Gasteiger partial charge in [0.15, 0.2) is 0 Å². The molecule has 0 aliphatic rings. The van der Waals surface area contributed by atoms with E-state index in [-0.39, 0.29) is 75.4 Å². The topological polar surface area (TPSA) is 149 Å². The average molecular weight is 607 g/mol. The molecule has 9 nitrogen and oxygen atoms in total. The van der Waals surface area contributed by atoms with Crippen molar-refractivity contribution in [3.05, 3.63) is 0 Å². The van der Waals surface area contributed by atoms with Crippen molar-refractivity contribution in [3.63, 3.8) is 0 Å². The second kappa shape index (κ2) is 24.7. The third kappa shape index (κ3) is 48.6. The summed E-state index contributed by atoms with van der Waals surface area (Å²) in [7, 11) is -9.33. The molecule has 4 N–H and O–H groups in total. The van der Waals surface area contributed by atoms with E-state index in [1.807, 2.05) is 0 Å². The Bertz CT molecular complexity index is 450. The van der Waals surface area contributed by atoms with Crippen molar-refractivity contribution in [1.29, 1.82) is 0 Å².